The van der Waals surface area contributed by atoms with E-state index in [1.54, 1.807) is 30.5 Å². The van der Waals surface area contributed by atoms with Gasteiger partial charge in [0.05, 0.1) is 23.4 Å². The van der Waals surface area contributed by atoms with E-state index in [-0.39, 0.29) is 36.4 Å². The van der Waals surface area contributed by atoms with Gasteiger partial charge in [0, 0.05) is 37.2 Å². The number of nitrogens with zero attached hydrogens (tertiary/aromatic N) is 4. The molecule has 1 fully saturated rings. The van der Waals surface area contributed by atoms with Crippen LogP contribution in [0.1, 0.15) is 39.3 Å². The largest absolute Gasteiger partial charge is 0.325 e. The second-order valence-electron chi connectivity index (χ2n) is 7.62. The molecule has 1 atom stereocenters. The Morgan fingerprint density at radius 2 is 1.97 bits per heavy atom. The summed E-state index contributed by atoms with van der Waals surface area (Å²) in [5.74, 6) is -2.64. The van der Waals surface area contributed by atoms with Crippen LogP contribution in [0.25, 0.3) is 0 Å². The average Bonchev–Trinajstić information content (AvgIpc) is 2.99. The Morgan fingerprint density at radius 3 is 2.69 bits per heavy atom. The standard InChI is InChI=1S/C21H20N6O5/c1-26(10-13-9-22-6-7-23-13)11-18(29)24-12-2-3-14-15(8-12)21(32)27(20(14)31)16-4-5-17(28)25-19(16)30/h2-3,6-9,16H,4-5,10-11H2,1H3,(H,24,29)(H,25,28,30). The molecule has 0 aliphatic carbocycles. The fourth-order valence-corrected chi connectivity index (χ4v) is 3.74. The first-order valence-electron chi connectivity index (χ1n) is 9.92. The number of rotatable bonds is 6. The molecule has 2 aromatic rings. The highest BCUT2D eigenvalue weighted by Crippen LogP contribution is 2.29. The third-order valence-corrected chi connectivity index (χ3v) is 5.19. The number of piperidine rings is 1. The highest BCUT2D eigenvalue weighted by atomic mass is 16.2. The smallest absolute Gasteiger partial charge is 0.262 e. The summed E-state index contributed by atoms with van der Waals surface area (Å²) in [7, 11) is 1.76. The van der Waals surface area contributed by atoms with Crippen molar-refractivity contribution in [1.29, 1.82) is 0 Å². The lowest BCUT2D eigenvalue weighted by Crippen LogP contribution is -2.54. The molecule has 0 spiro atoms. The molecule has 164 valence electrons. The SMILES string of the molecule is CN(CC(=O)Nc1ccc2c(c1)C(=O)N(C1CCC(=O)NC1=O)C2=O)Cc1cnccn1. The molecule has 1 aromatic carbocycles. The van der Waals surface area contributed by atoms with Gasteiger partial charge in [0.1, 0.15) is 6.04 Å². The summed E-state index contributed by atoms with van der Waals surface area (Å²) in [5, 5.41) is 4.86. The van der Waals surface area contributed by atoms with Gasteiger partial charge in [-0.15, -0.1) is 0 Å². The zero-order valence-electron chi connectivity index (χ0n) is 17.2. The highest BCUT2D eigenvalue weighted by molar-refractivity contribution is 6.23. The summed E-state index contributed by atoms with van der Waals surface area (Å²) in [6, 6.07) is 3.36. The molecule has 0 radical (unpaired) electrons. The van der Waals surface area contributed by atoms with Crippen LogP contribution in [0.4, 0.5) is 5.69 Å². The minimum atomic E-state index is -1.03. The van der Waals surface area contributed by atoms with E-state index in [9.17, 15) is 24.0 Å². The molecule has 0 bridgehead atoms. The van der Waals surface area contributed by atoms with E-state index >= 15 is 0 Å². The summed E-state index contributed by atoms with van der Waals surface area (Å²) in [5.41, 5.74) is 1.33. The van der Waals surface area contributed by atoms with Crippen molar-refractivity contribution in [3.8, 4) is 0 Å². The van der Waals surface area contributed by atoms with Crippen molar-refractivity contribution in [2.45, 2.75) is 25.4 Å². The maximum atomic E-state index is 12.9. The predicted molar refractivity (Wildman–Crippen MR) is 110 cm³/mol. The van der Waals surface area contributed by atoms with Crippen LogP contribution in [-0.4, -0.2) is 68.9 Å². The monoisotopic (exact) mass is 436 g/mol. The maximum Gasteiger partial charge on any atom is 0.262 e. The number of imide groups is 2. The number of carbonyl (C=O) groups excluding carboxylic acids is 5. The number of aromatic nitrogens is 2. The quantitative estimate of drug-likeness (QED) is 0.600. The molecular weight excluding hydrogens is 416 g/mol. The van der Waals surface area contributed by atoms with E-state index < -0.39 is 29.7 Å². The van der Waals surface area contributed by atoms with Crippen LogP contribution in [-0.2, 0) is 20.9 Å². The number of amides is 5. The Balaban J connectivity index is 1.42. The molecule has 4 rings (SSSR count). The number of fused-ring (bicyclic) bond motifs is 1. The molecule has 0 saturated carbocycles. The lowest BCUT2D eigenvalue weighted by Gasteiger charge is -2.27. The Hall–Kier alpha value is -3.99. The first-order chi connectivity index (χ1) is 15.3. The number of likely N-dealkylation sites (N-methyl/N-ethyl adjacent to an activating group) is 1. The van der Waals surface area contributed by atoms with Gasteiger partial charge in [0.2, 0.25) is 17.7 Å². The van der Waals surface area contributed by atoms with Gasteiger partial charge in [0.25, 0.3) is 11.8 Å². The van der Waals surface area contributed by atoms with E-state index in [1.165, 1.54) is 18.2 Å². The molecule has 1 saturated heterocycles. The van der Waals surface area contributed by atoms with Crippen molar-refractivity contribution < 1.29 is 24.0 Å². The topological polar surface area (TPSA) is 142 Å². The third-order valence-electron chi connectivity index (χ3n) is 5.19. The van der Waals surface area contributed by atoms with Gasteiger partial charge in [-0.1, -0.05) is 0 Å². The van der Waals surface area contributed by atoms with Crippen molar-refractivity contribution in [3.63, 3.8) is 0 Å². The lowest BCUT2D eigenvalue weighted by atomic mass is 10.0. The first kappa shape index (κ1) is 21.2. The zero-order chi connectivity index (χ0) is 22.8. The van der Waals surface area contributed by atoms with Crippen LogP contribution in [0.2, 0.25) is 0 Å². The van der Waals surface area contributed by atoms with E-state index in [0.29, 0.717) is 12.2 Å². The van der Waals surface area contributed by atoms with Crippen molar-refractivity contribution >= 4 is 35.2 Å². The fourth-order valence-electron chi connectivity index (χ4n) is 3.74. The minimum Gasteiger partial charge on any atom is -0.325 e. The van der Waals surface area contributed by atoms with Crippen LogP contribution in [0.5, 0.6) is 0 Å². The van der Waals surface area contributed by atoms with Gasteiger partial charge < -0.3 is 5.32 Å². The van der Waals surface area contributed by atoms with Gasteiger partial charge in [-0.2, -0.15) is 0 Å². The molecule has 3 heterocycles. The zero-order valence-corrected chi connectivity index (χ0v) is 17.2. The molecule has 1 aromatic heterocycles. The van der Waals surface area contributed by atoms with E-state index in [2.05, 4.69) is 20.6 Å². The average molecular weight is 436 g/mol. The fraction of sp³-hybridized carbons (Fsp3) is 0.286. The summed E-state index contributed by atoms with van der Waals surface area (Å²) in [4.78, 5) is 72.3. The molecule has 5 amide bonds. The summed E-state index contributed by atoms with van der Waals surface area (Å²) < 4.78 is 0. The second kappa shape index (κ2) is 8.63. The van der Waals surface area contributed by atoms with Gasteiger partial charge >= 0.3 is 0 Å². The third kappa shape index (κ3) is 4.23. The van der Waals surface area contributed by atoms with Crippen molar-refractivity contribution in [2.75, 3.05) is 18.9 Å². The molecule has 1 unspecified atom stereocenters. The summed E-state index contributed by atoms with van der Waals surface area (Å²) in [6.07, 6.45) is 4.89. The van der Waals surface area contributed by atoms with E-state index in [0.717, 1.165) is 10.6 Å². The summed E-state index contributed by atoms with van der Waals surface area (Å²) in [6.45, 7) is 0.502. The van der Waals surface area contributed by atoms with Gasteiger partial charge in [0.15, 0.2) is 0 Å². The number of anilines is 1. The van der Waals surface area contributed by atoms with Crippen LogP contribution < -0.4 is 10.6 Å². The molecule has 2 aliphatic rings. The molecular formula is C21H20N6O5. The van der Waals surface area contributed by atoms with E-state index in [4.69, 9.17) is 0 Å². The van der Waals surface area contributed by atoms with Crippen LogP contribution in [0.15, 0.2) is 36.8 Å². The maximum absolute atomic E-state index is 12.9. The Bertz CT molecular complexity index is 1120. The van der Waals surface area contributed by atoms with Crippen LogP contribution >= 0.6 is 0 Å². The van der Waals surface area contributed by atoms with Gasteiger partial charge in [-0.05, 0) is 31.7 Å². The van der Waals surface area contributed by atoms with Crippen LogP contribution in [0, 0.1) is 0 Å². The van der Waals surface area contributed by atoms with Crippen LogP contribution in [0.3, 0.4) is 0 Å². The molecule has 2 N–H and O–H groups in total. The number of carbonyl (C=O) groups is 5. The first-order valence-corrected chi connectivity index (χ1v) is 9.92. The Labute approximate surface area is 182 Å². The van der Waals surface area contributed by atoms with Crippen molar-refractivity contribution in [2.24, 2.45) is 0 Å². The van der Waals surface area contributed by atoms with Crippen molar-refractivity contribution in [3.05, 3.63) is 53.6 Å². The minimum absolute atomic E-state index is 0.0488. The van der Waals surface area contributed by atoms with E-state index in [1.807, 2.05) is 0 Å². The lowest BCUT2D eigenvalue weighted by molar-refractivity contribution is -0.136. The number of benzene rings is 1. The normalized spacial score (nSPS) is 18.1. The van der Waals surface area contributed by atoms with Gasteiger partial charge in [-0.25, -0.2) is 0 Å². The van der Waals surface area contributed by atoms with Gasteiger partial charge in [-0.3, -0.25) is 49.1 Å². The molecule has 11 heteroatoms. The number of hydrogen-bond donors (Lipinski definition) is 2. The molecule has 32 heavy (non-hydrogen) atoms. The number of nitrogens with one attached hydrogen (secondary N) is 2. The molecule has 2 aliphatic heterocycles. The van der Waals surface area contributed by atoms with Crippen molar-refractivity contribution in [1.82, 2.24) is 25.1 Å². The Morgan fingerprint density at radius 1 is 1.19 bits per heavy atom. The second-order valence-corrected chi connectivity index (χ2v) is 7.62. The molecule has 11 nitrogen and oxygen atoms in total. The highest BCUT2D eigenvalue weighted by Gasteiger charge is 2.44. The predicted octanol–water partition coefficient (Wildman–Crippen LogP) is -0.0517. The summed E-state index contributed by atoms with van der Waals surface area (Å²) >= 11 is 0. The Kier molecular flexibility index (Phi) is 5.73. The number of hydrogen-bond acceptors (Lipinski definition) is 8.